The fraction of sp³-hybridized carbons (Fsp3) is 0.667. The zero-order chi connectivity index (χ0) is 11.5. The first-order valence-corrected chi connectivity index (χ1v) is 6.49. The summed E-state index contributed by atoms with van der Waals surface area (Å²) in [5.41, 5.74) is 0. The van der Waals surface area contributed by atoms with E-state index in [1.54, 1.807) is 0 Å². The maximum atomic E-state index is 11.0. The van der Waals surface area contributed by atoms with E-state index in [2.05, 4.69) is 11.9 Å². The van der Waals surface area contributed by atoms with Gasteiger partial charge in [0.15, 0.2) is 0 Å². The molecule has 0 saturated heterocycles. The highest BCUT2D eigenvalue weighted by Crippen LogP contribution is 2.22. The van der Waals surface area contributed by atoms with Crippen LogP contribution in [0.25, 0.3) is 0 Å². The Morgan fingerprint density at radius 1 is 1.33 bits per heavy atom. The van der Waals surface area contributed by atoms with E-state index >= 15 is 0 Å². The lowest BCUT2D eigenvalue weighted by Gasteiger charge is -2.27. The zero-order valence-corrected chi connectivity index (χ0v) is 9.29. The highest BCUT2D eigenvalue weighted by molar-refractivity contribution is 7.89. The number of carbonyl (C=O) groups excluding carboxylic acids is 1. The van der Waals surface area contributed by atoms with Gasteiger partial charge in [-0.3, -0.25) is 4.79 Å². The monoisotopic (exact) mass is 232 g/mol. The Kier molecular flexibility index (Phi) is 3.87. The van der Waals surface area contributed by atoms with Crippen molar-refractivity contribution in [2.24, 2.45) is 5.14 Å². The second kappa shape index (κ2) is 4.76. The summed E-state index contributed by atoms with van der Waals surface area (Å²) in [6.45, 7) is 3.35. The molecule has 1 aliphatic carbocycles. The van der Waals surface area contributed by atoms with Crippen LogP contribution in [0.4, 0.5) is 0 Å². The van der Waals surface area contributed by atoms with Crippen LogP contribution in [0.1, 0.15) is 25.7 Å². The number of nitrogens with one attached hydrogen (secondary N) is 1. The van der Waals surface area contributed by atoms with E-state index in [0.717, 1.165) is 0 Å². The van der Waals surface area contributed by atoms with Crippen LogP contribution in [0.2, 0.25) is 0 Å². The van der Waals surface area contributed by atoms with Gasteiger partial charge in [-0.1, -0.05) is 6.58 Å². The normalized spacial score (nSPS) is 27.0. The molecule has 0 atom stereocenters. The van der Waals surface area contributed by atoms with Crippen LogP contribution in [0.3, 0.4) is 0 Å². The molecule has 5 nitrogen and oxygen atoms in total. The fourth-order valence-corrected chi connectivity index (χ4v) is 2.73. The van der Waals surface area contributed by atoms with Crippen molar-refractivity contribution in [1.29, 1.82) is 0 Å². The Labute approximate surface area is 89.8 Å². The van der Waals surface area contributed by atoms with Gasteiger partial charge in [0, 0.05) is 6.04 Å². The van der Waals surface area contributed by atoms with Gasteiger partial charge < -0.3 is 5.32 Å². The maximum Gasteiger partial charge on any atom is 0.243 e. The van der Waals surface area contributed by atoms with Gasteiger partial charge in [0.1, 0.15) is 0 Å². The summed E-state index contributed by atoms with van der Waals surface area (Å²) < 4.78 is 22.1. The largest absolute Gasteiger partial charge is 0.350 e. The smallest absolute Gasteiger partial charge is 0.243 e. The van der Waals surface area contributed by atoms with E-state index in [4.69, 9.17) is 5.14 Å². The van der Waals surface area contributed by atoms with Gasteiger partial charge >= 0.3 is 0 Å². The van der Waals surface area contributed by atoms with Crippen molar-refractivity contribution >= 4 is 15.9 Å². The molecular formula is C9H16N2O3S. The highest BCUT2D eigenvalue weighted by Gasteiger charge is 2.28. The van der Waals surface area contributed by atoms with Crippen LogP contribution in [-0.2, 0) is 14.8 Å². The molecule has 15 heavy (non-hydrogen) atoms. The Hall–Kier alpha value is -0.880. The molecule has 86 valence electrons. The van der Waals surface area contributed by atoms with E-state index in [-0.39, 0.29) is 11.9 Å². The third kappa shape index (κ3) is 3.64. The molecule has 1 rings (SSSR count). The Morgan fingerprint density at radius 2 is 1.87 bits per heavy atom. The first-order valence-electron chi connectivity index (χ1n) is 4.88. The van der Waals surface area contributed by atoms with E-state index in [1.165, 1.54) is 6.08 Å². The SMILES string of the molecule is C=CC(=O)NC1CCC(S(N)(=O)=O)CC1. The summed E-state index contributed by atoms with van der Waals surface area (Å²) in [4.78, 5) is 11.0. The molecular weight excluding hydrogens is 216 g/mol. The molecule has 0 heterocycles. The molecule has 1 saturated carbocycles. The van der Waals surface area contributed by atoms with Gasteiger partial charge in [-0.25, -0.2) is 13.6 Å². The lowest BCUT2D eigenvalue weighted by molar-refractivity contribution is -0.117. The maximum absolute atomic E-state index is 11.0. The van der Waals surface area contributed by atoms with Crippen molar-refractivity contribution in [2.45, 2.75) is 37.0 Å². The van der Waals surface area contributed by atoms with Crippen molar-refractivity contribution in [3.63, 3.8) is 0 Å². The standard InChI is InChI=1S/C9H16N2O3S/c1-2-9(12)11-7-3-5-8(6-4-7)15(10,13)14/h2,7-8H,1,3-6H2,(H,11,12)(H2,10,13,14). The van der Waals surface area contributed by atoms with Crippen LogP contribution in [0, 0.1) is 0 Å². The molecule has 0 aromatic carbocycles. The van der Waals surface area contributed by atoms with Crippen molar-refractivity contribution in [3.05, 3.63) is 12.7 Å². The van der Waals surface area contributed by atoms with Gasteiger partial charge in [0.2, 0.25) is 15.9 Å². The van der Waals surface area contributed by atoms with Gasteiger partial charge in [0.05, 0.1) is 5.25 Å². The van der Waals surface area contributed by atoms with E-state index in [9.17, 15) is 13.2 Å². The quantitative estimate of drug-likeness (QED) is 0.665. The van der Waals surface area contributed by atoms with Crippen LogP contribution in [-0.4, -0.2) is 25.6 Å². The van der Waals surface area contributed by atoms with Crippen molar-refractivity contribution in [3.8, 4) is 0 Å². The third-order valence-electron chi connectivity index (χ3n) is 2.67. The lowest BCUT2D eigenvalue weighted by atomic mass is 9.95. The predicted molar refractivity (Wildman–Crippen MR) is 57.5 cm³/mol. The average molecular weight is 232 g/mol. The number of primary sulfonamides is 1. The number of hydrogen-bond donors (Lipinski definition) is 2. The zero-order valence-electron chi connectivity index (χ0n) is 8.48. The minimum absolute atomic E-state index is 0.0495. The molecule has 0 radical (unpaired) electrons. The van der Waals surface area contributed by atoms with E-state index in [1.807, 2.05) is 0 Å². The minimum Gasteiger partial charge on any atom is -0.350 e. The molecule has 6 heteroatoms. The number of carbonyl (C=O) groups is 1. The molecule has 0 spiro atoms. The summed E-state index contributed by atoms with van der Waals surface area (Å²) in [6, 6.07) is 0.0495. The molecule has 0 bridgehead atoms. The highest BCUT2D eigenvalue weighted by atomic mass is 32.2. The van der Waals surface area contributed by atoms with Crippen molar-refractivity contribution < 1.29 is 13.2 Å². The number of hydrogen-bond acceptors (Lipinski definition) is 3. The molecule has 0 aromatic rings. The first-order chi connectivity index (χ1) is 6.93. The Bertz CT molecular complexity index is 342. The van der Waals surface area contributed by atoms with Crippen LogP contribution >= 0.6 is 0 Å². The summed E-state index contributed by atoms with van der Waals surface area (Å²) in [5, 5.41) is 7.35. The van der Waals surface area contributed by atoms with Crippen molar-refractivity contribution in [2.75, 3.05) is 0 Å². The molecule has 0 aliphatic heterocycles. The van der Waals surface area contributed by atoms with Crippen LogP contribution in [0.15, 0.2) is 12.7 Å². The van der Waals surface area contributed by atoms with Gasteiger partial charge in [-0.2, -0.15) is 0 Å². The molecule has 1 amide bonds. The predicted octanol–water partition coefficient (Wildman–Crippen LogP) is -0.112. The summed E-state index contributed by atoms with van der Waals surface area (Å²) in [6.07, 6.45) is 3.55. The van der Waals surface area contributed by atoms with Gasteiger partial charge in [0.25, 0.3) is 0 Å². The number of rotatable bonds is 3. The summed E-state index contributed by atoms with van der Waals surface area (Å²) in [5.74, 6) is -0.214. The van der Waals surface area contributed by atoms with E-state index in [0.29, 0.717) is 25.7 Å². The molecule has 3 N–H and O–H groups in total. The molecule has 0 unspecified atom stereocenters. The molecule has 1 aliphatic rings. The lowest BCUT2D eigenvalue weighted by Crippen LogP contribution is -2.41. The third-order valence-corrected chi connectivity index (χ3v) is 4.07. The second-order valence-electron chi connectivity index (χ2n) is 3.78. The van der Waals surface area contributed by atoms with E-state index < -0.39 is 15.3 Å². The van der Waals surface area contributed by atoms with Crippen LogP contribution < -0.4 is 10.5 Å². The minimum atomic E-state index is -3.42. The fourth-order valence-electron chi connectivity index (χ4n) is 1.80. The average Bonchev–Trinajstić information content (AvgIpc) is 2.17. The van der Waals surface area contributed by atoms with Gasteiger partial charge in [-0.05, 0) is 31.8 Å². The number of sulfonamides is 1. The Morgan fingerprint density at radius 3 is 2.27 bits per heavy atom. The van der Waals surface area contributed by atoms with Crippen molar-refractivity contribution in [1.82, 2.24) is 5.32 Å². The first kappa shape index (κ1) is 12.2. The van der Waals surface area contributed by atoms with Crippen LogP contribution in [0.5, 0.6) is 0 Å². The summed E-state index contributed by atoms with van der Waals surface area (Å²) >= 11 is 0. The Balaban J connectivity index is 2.43. The second-order valence-corrected chi connectivity index (χ2v) is 5.62. The molecule has 0 aromatic heterocycles. The number of amides is 1. The summed E-state index contributed by atoms with van der Waals surface area (Å²) in [7, 11) is -3.42. The van der Waals surface area contributed by atoms with Gasteiger partial charge in [-0.15, -0.1) is 0 Å². The molecule has 1 fully saturated rings. The topological polar surface area (TPSA) is 89.3 Å². The number of nitrogens with two attached hydrogens (primary N) is 1.